The lowest BCUT2D eigenvalue weighted by Crippen LogP contribution is -2.14. The number of hydrogen-bond acceptors (Lipinski definition) is 5. The highest BCUT2D eigenvalue weighted by Gasteiger charge is 2.16. The Kier molecular flexibility index (Phi) is 6.26. The Balaban J connectivity index is 1.41. The van der Waals surface area contributed by atoms with E-state index in [-0.39, 0.29) is 5.91 Å². The number of benzene rings is 2. The van der Waals surface area contributed by atoms with Crippen LogP contribution in [0, 0.1) is 0 Å². The second-order valence-corrected chi connectivity index (χ2v) is 7.36. The molecule has 0 aliphatic carbocycles. The molecule has 0 saturated heterocycles. The van der Waals surface area contributed by atoms with E-state index in [2.05, 4.69) is 25.4 Å². The van der Waals surface area contributed by atoms with E-state index in [9.17, 15) is 9.59 Å². The molecule has 1 aliphatic heterocycles. The number of aromatic nitrogens is 3. The van der Waals surface area contributed by atoms with Crippen molar-refractivity contribution in [3.05, 3.63) is 59.9 Å². The van der Waals surface area contributed by atoms with Crippen LogP contribution < -0.4 is 10.6 Å². The second-order valence-electron chi connectivity index (χ2n) is 7.36. The normalized spacial score (nSPS) is 13.1. The summed E-state index contributed by atoms with van der Waals surface area (Å²) >= 11 is 0. The molecule has 160 valence electrons. The average Bonchev–Trinajstić information content (AvgIpc) is 3.03. The number of carbonyl (C=O) groups is 2. The van der Waals surface area contributed by atoms with E-state index < -0.39 is 6.09 Å². The predicted molar refractivity (Wildman–Crippen MR) is 118 cm³/mol. The number of amides is 2. The van der Waals surface area contributed by atoms with Crippen molar-refractivity contribution >= 4 is 23.4 Å². The molecule has 4 rings (SSSR count). The summed E-state index contributed by atoms with van der Waals surface area (Å²) in [4.78, 5) is 24.0. The maximum Gasteiger partial charge on any atom is 0.411 e. The van der Waals surface area contributed by atoms with Crippen LogP contribution in [-0.4, -0.2) is 33.4 Å². The van der Waals surface area contributed by atoms with Gasteiger partial charge in [-0.05, 0) is 68.3 Å². The summed E-state index contributed by atoms with van der Waals surface area (Å²) in [5.74, 6) is 1.69. The van der Waals surface area contributed by atoms with Gasteiger partial charge in [0, 0.05) is 35.5 Å². The largest absolute Gasteiger partial charge is 0.450 e. The SMILES string of the molecule is CCOC(=O)Nc1ccc(C(=O)Nc2ccc(-c3nnc4n3CCCCC4)cc2)cc1. The molecule has 0 fully saturated rings. The summed E-state index contributed by atoms with van der Waals surface area (Å²) in [5, 5.41) is 14.2. The first-order valence-corrected chi connectivity index (χ1v) is 10.5. The minimum atomic E-state index is -0.524. The van der Waals surface area contributed by atoms with Crippen LogP contribution in [0.1, 0.15) is 42.4 Å². The van der Waals surface area contributed by atoms with Crippen LogP contribution in [-0.2, 0) is 17.7 Å². The van der Waals surface area contributed by atoms with Gasteiger partial charge >= 0.3 is 6.09 Å². The third-order valence-electron chi connectivity index (χ3n) is 5.18. The van der Waals surface area contributed by atoms with Gasteiger partial charge in [-0.1, -0.05) is 6.42 Å². The monoisotopic (exact) mass is 419 g/mol. The molecule has 0 radical (unpaired) electrons. The van der Waals surface area contributed by atoms with Gasteiger partial charge in [0.1, 0.15) is 5.82 Å². The Bertz CT molecular complexity index is 1060. The van der Waals surface area contributed by atoms with Crippen molar-refractivity contribution in [1.29, 1.82) is 0 Å². The number of nitrogens with zero attached hydrogens (tertiary/aromatic N) is 3. The fourth-order valence-corrected chi connectivity index (χ4v) is 3.59. The molecule has 31 heavy (non-hydrogen) atoms. The van der Waals surface area contributed by atoms with Gasteiger partial charge in [-0.25, -0.2) is 4.79 Å². The van der Waals surface area contributed by atoms with Crippen molar-refractivity contribution in [2.24, 2.45) is 0 Å². The number of aryl methyl sites for hydroxylation is 1. The fourth-order valence-electron chi connectivity index (χ4n) is 3.59. The zero-order chi connectivity index (χ0) is 21.6. The maximum absolute atomic E-state index is 12.5. The van der Waals surface area contributed by atoms with E-state index in [4.69, 9.17) is 4.74 Å². The van der Waals surface area contributed by atoms with Gasteiger partial charge in [-0.3, -0.25) is 10.1 Å². The minimum Gasteiger partial charge on any atom is -0.450 e. The van der Waals surface area contributed by atoms with Gasteiger partial charge < -0.3 is 14.6 Å². The summed E-state index contributed by atoms with van der Waals surface area (Å²) in [7, 11) is 0. The lowest BCUT2D eigenvalue weighted by molar-refractivity contribution is 0.102. The van der Waals surface area contributed by atoms with Crippen molar-refractivity contribution in [1.82, 2.24) is 14.8 Å². The molecule has 2 heterocycles. The first kappa shape index (κ1) is 20.6. The van der Waals surface area contributed by atoms with Crippen LogP contribution in [0.25, 0.3) is 11.4 Å². The van der Waals surface area contributed by atoms with E-state index in [0.717, 1.165) is 43.0 Å². The highest BCUT2D eigenvalue weighted by atomic mass is 16.5. The van der Waals surface area contributed by atoms with Crippen LogP contribution >= 0.6 is 0 Å². The highest BCUT2D eigenvalue weighted by molar-refractivity contribution is 6.04. The van der Waals surface area contributed by atoms with Gasteiger partial charge in [0.05, 0.1) is 6.61 Å². The average molecular weight is 419 g/mol. The molecule has 2 N–H and O–H groups in total. The zero-order valence-electron chi connectivity index (χ0n) is 17.4. The smallest absolute Gasteiger partial charge is 0.411 e. The lowest BCUT2D eigenvalue weighted by Gasteiger charge is -2.09. The van der Waals surface area contributed by atoms with Gasteiger partial charge in [0.2, 0.25) is 0 Å². The molecule has 8 heteroatoms. The van der Waals surface area contributed by atoms with Gasteiger partial charge in [-0.2, -0.15) is 0 Å². The molecule has 0 spiro atoms. The first-order chi connectivity index (χ1) is 15.1. The zero-order valence-corrected chi connectivity index (χ0v) is 17.4. The molecule has 0 atom stereocenters. The molecule has 0 unspecified atom stereocenters. The number of hydrogen-bond donors (Lipinski definition) is 2. The molecular formula is C23H25N5O3. The summed E-state index contributed by atoms with van der Waals surface area (Å²) in [5.41, 5.74) is 2.72. The second kappa shape index (κ2) is 9.42. The van der Waals surface area contributed by atoms with Crippen molar-refractivity contribution in [2.45, 2.75) is 39.2 Å². The van der Waals surface area contributed by atoms with Crippen LogP contribution in [0.5, 0.6) is 0 Å². The summed E-state index contributed by atoms with van der Waals surface area (Å²) < 4.78 is 7.04. The molecular weight excluding hydrogens is 394 g/mol. The van der Waals surface area contributed by atoms with Crippen molar-refractivity contribution in [3.8, 4) is 11.4 Å². The molecule has 1 aromatic heterocycles. The van der Waals surface area contributed by atoms with E-state index in [1.807, 2.05) is 24.3 Å². The van der Waals surface area contributed by atoms with Crippen LogP contribution in [0.15, 0.2) is 48.5 Å². The van der Waals surface area contributed by atoms with Crippen LogP contribution in [0.4, 0.5) is 16.2 Å². The van der Waals surface area contributed by atoms with Crippen LogP contribution in [0.3, 0.4) is 0 Å². The summed E-state index contributed by atoms with van der Waals surface area (Å²) in [6.07, 6.45) is 3.95. The van der Waals surface area contributed by atoms with E-state index in [1.54, 1.807) is 31.2 Å². The number of ether oxygens (including phenoxy) is 1. The van der Waals surface area contributed by atoms with E-state index in [0.29, 0.717) is 23.5 Å². The Labute approximate surface area is 180 Å². The molecule has 0 bridgehead atoms. The quantitative estimate of drug-likeness (QED) is 0.635. The number of rotatable bonds is 5. The first-order valence-electron chi connectivity index (χ1n) is 10.5. The Morgan fingerprint density at radius 3 is 2.39 bits per heavy atom. The molecule has 1 aliphatic rings. The Hall–Kier alpha value is -3.68. The number of carbonyl (C=O) groups excluding carboxylic acids is 2. The van der Waals surface area contributed by atoms with Gasteiger partial charge in [-0.15, -0.1) is 10.2 Å². The van der Waals surface area contributed by atoms with Crippen LogP contribution in [0.2, 0.25) is 0 Å². The lowest BCUT2D eigenvalue weighted by atomic mass is 10.1. The Morgan fingerprint density at radius 2 is 1.65 bits per heavy atom. The third-order valence-corrected chi connectivity index (χ3v) is 5.18. The Morgan fingerprint density at radius 1 is 0.935 bits per heavy atom. The highest BCUT2D eigenvalue weighted by Crippen LogP contribution is 2.24. The number of anilines is 2. The minimum absolute atomic E-state index is 0.230. The fraction of sp³-hybridized carbons (Fsp3) is 0.304. The predicted octanol–water partition coefficient (Wildman–Crippen LogP) is 4.49. The number of fused-ring (bicyclic) bond motifs is 1. The third kappa shape index (κ3) is 4.91. The summed E-state index contributed by atoms with van der Waals surface area (Å²) in [6, 6.07) is 14.2. The number of nitrogens with one attached hydrogen (secondary N) is 2. The summed E-state index contributed by atoms with van der Waals surface area (Å²) in [6.45, 7) is 2.97. The molecule has 2 aromatic carbocycles. The molecule has 3 aromatic rings. The van der Waals surface area contributed by atoms with Crippen molar-refractivity contribution < 1.29 is 14.3 Å². The van der Waals surface area contributed by atoms with Gasteiger partial charge in [0.15, 0.2) is 5.82 Å². The van der Waals surface area contributed by atoms with Crippen molar-refractivity contribution in [2.75, 3.05) is 17.2 Å². The molecule has 8 nitrogen and oxygen atoms in total. The standard InChI is InChI=1S/C23H25N5O3/c1-2-31-23(30)25-19-13-9-17(10-14-19)22(29)24-18-11-7-16(8-12-18)21-27-26-20-6-4-3-5-15-28(20)21/h7-14H,2-6,15H2,1H3,(H,24,29)(H,25,30). The van der Waals surface area contributed by atoms with E-state index in [1.165, 1.54) is 6.42 Å². The topological polar surface area (TPSA) is 98.1 Å². The van der Waals surface area contributed by atoms with E-state index >= 15 is 0 Å². The maximum atomic E-state index is 12.5. The molecule has 2 amide bonds. The van der Waals surface area contributed by atoms with Gasteiger partial charge in [0.25, 0.3) is 5.91 Å². The van der Waals surface area contributed by atoms with Crippen molar-refractivity contribution in [3.63, 3.8) is 0 Å². The molecule has 0 saturated carbocycles.